The van der Waals surface area contributed by atoms with Crippen molar-refractivity contribution in [3.8, 4) is 10.8 Å². The van der Waals surface area contributed by atoms with Crippen molar-refractivity contribution in [3.63, 3.8) is 0 Å². The first kappa shape index (κ1) is 21.9. The number of alkyl carbamates (subject to hydrolysis) is 1. The number of rotatable bonds is 8. The van der Waals surface area contributed by atoms with Crippen LogP contribution in [0, 0.1) is 0 Å². The molecule has 2 aromatic rings. The summed E-state index contributed by atoms with van der Waals surface area (Å²) in [5.74, 6) is 0.349. The van der Waals surface area contributed by atoms with Gasteiger partial charge in [0.15, 0.2) is 0 Å². The van der Waals surface area contributed by atoms with Gasteiger partial charge in [-0.25, -0.2) is 9.78 Å². The monoisotopic (exact) mass is 407 g/mol. The lowest BCUT2D eigenvalue weighted by Gasteiger charge is -2.33. The van der Waals surface area contributed by atoms with E-state index in [4.69, 9.17) is 9.15 Å². The molecule has 0 atom stereocenters. The van der Waals surface area contributed by atoms with Crippen LogP contribution in [0.2, 0.25) is 0 Å². The predicted octanol–water partition coefficient (Wildman–Crippen LogP) is 4.15. The van der Waals surface area contributed by atoms with Crippen LogP contribution in [0.1, 0.15) is 53.2 Å². The lowest BCUT2D eigenvalue weighted by Crippen LogP contribution is -2.55. The van der Waals surface area contributed by atoms with Gasteiger partial charge in [0.25, 0.3) is 0 Å². The molecule has 0 saturated heterocycles. The zero-order chi connectivity index (χ0) is 20.8. The predicted molar refractivity (Wildman–Crippen MR) is 109 cm³/mol. The smallest absolute Gasteiger partial charge is 0.407 e. The van der Waals surface area contributed by atoms with Crippen molar-refractivity contribution in [2.75, 3.05) is 6.54 Å². The van der Waals surface area contributed by atoms with Crippen LogP contribution in [0.25, 0.3) is 10.8 Å². The quantitative estimate of drug-likeness (QED) is 0.686. The summed E-state index contributed by atoms with van der Waals surface area (Å²) >= 11 is 1.53. The first-order chi connectivity index (χ1) is 13.2. The zero-order valence-corrected chi connectivity index (χ0v) is 17.9. The maximum Gasteiger partial charge on any atom is 0.407 e. The van der Waals surface area contributed by atoms with Gasteiger partial charge in [0, 0.05) is 6.54 Å². The second kappa shape index (κ2) is 9.23. The second-order valence-corrected chi connectivity index (χ2v) is 8.64. The van der Waals surface area contributed by atoms with E-state index in [2.05, 4.69) is 15.6 Å². The molecule has 0 radical (unpaired) electrons. The van der Waals surface area contributed by atoms with Gasteiger partial charge in [-0.3, -0.25) is 4.79 Å². The SMILES string of the molecule is CCC(CC)(CNC(=O)OC(C)(C)C)NC(=O)Cc1coc(-c2cccs2)n1. The molecule has 0 spiro atoms. The maximum absolute atomic E-state index is 12.6. The molecule has 0 unspecified atom stereocenters. The molecule has 2 N–H and O–H groups in total. The molecular weight excluding hydrogens is 378 g/mol. The second-order valence-electron chi connectivity index (χ2n) is 7.69. The summed E-state index contributed by atoms with van der Waals surface area (Å²) in [4.78, 5) is 29.8. The third kappa shape index (κ3) is 6.37. The average molecular weight is 408 g/mol. The third-order valence-electron chi connectivity index (χ3n) is 4.35. The van der Waals surface area contributed by atoms with Crippen LogP contribution in [0.15, 0.2) is 28.2 Å². The highest BCUT2D eigenvalue weighted by molar-refractivity contribution is 7.13. The van der Waals surface area contributed by atoms with Crippen molar-refractivity contribution in [2.45, 2.75) is 65.0 Å². The minimum absolute atomic E-state index is 0.114. The first-order valence-corrected chi connectivity index (χ1v) is 10.3. The van der Waals surface area contributed by atoms with E-state index in [1.54, 1.807) is 0 Å². The molecule has 0 aliphatic carbocycles. The topological polar surface area (TPSA) is 93.5 Å². The molecule has 2 rings (SSSR count). The number of aromatic nitrogens is 1. The molecule has 2 aromatic heterocycles. The Morgan fingerprint density at radius 3 is 2.54 bits per heavy atom. The summed E-state index contributed by atoms with van der Waals surface area (Å²) in [6.07, 6.45) is 2.47. The van der Waals surface area contributed by atoms with Gasteiger partial charge < -0.3 is 19.8 Å². The van der Waals surface area contributed by atoms with Crippen molar-refractivity contribution in [1.82, 2.24) is 15.6 Å². The van der Waals surface area contributed by atoms with Gasteiger partial charge in [-0.15, -0.1) is 11.3 Å². The van der Waals surface area contributed by atoms with Gasteiger partial charge in [0.05, 0.1) is 22.5 Å². The van der Waals surface area contributed by atoms with Crippen molar-refractivity contribution in [2.24, 2.45) is 0 Å². The van der Waals surface area contributed by atoms with Crippen LogP contribution >= 0.6 is 11.3 Å². The van der Waals surface area contributed by atoms with E-state index in [1.807, 2.05) is 52.1 Å². The lowest BCUT2D eigenvalue weighted by atomic mass is 9.92. The standard InChI is InChI=1S/C20H29N3O4S/c1-6-20(7-2,13-21-18(25)27-19(3,4)5)23-16(24)11-14-12-26-17(22-14)15-9-8-10-28-15/h8-10,12H,6-7,11,13H2,1-5H3,(H,21,25)(H,23,24). The van der Waals surface area contributed by atoms with Crippen LogP contribution in [-0.4, -0.2) is 34.7 Å². The van der Waals surface area contributed by atoms with Gasteiger partial charge in [-0.2, -0.15) is 0 Å². The molecule has 2 heterocycles. The molecule has 0 aromatic carbocycles. The highest BCUT2D eigenvalue weighted by Crippen LogP contribution is 2.24. The minimum atomic E-state index is -0.568. The molecule has 0 aliphatic rings. The number of carbonyl (C=O) groups excluding carboxylic acids is 2. The van der Waals surface area contributed by atoms with Crippen LogP contribution < -0.4 is 10.6 Å². The molecule has 8 heteroatoms. The van der Waals surface area contributed by atoms with Crippen LogP contribution in [0.5, 0.6) is 0 Å². The highest BCUT2D eigenvalue weighted by Gasteiger charge is 2.30. The molecular formula is C20H29N3O4S. The molecule has 0 aliphatic heterocycles. The number of hydrogen-bond acceptors (Lipinski definition) is 6. The van der Waals surface area contributed by atoms with Crippen molar-refractivity contribution in [3.05, 3.63) is 29.5 Å². The van der Waals surface area contributed by atoms with Gasteiger partial charge in [-0.05, 0) is 45.1 Å². The Balaban J connectivity index is 1.95. The average Bonchev–Trinajstić information content (AvgIpc) is 3.28. The number of oxazole rings is 1. The molecule has 154 valence electrons. The Morgan fingerprint density at radius 1 is 1.25 bits per heavy atom. The van der Waals surface area contributed by atoms with Gasteiger partial charge in [-0.1, -0.05) is 19.9 Å². The summed E-state index contributed by atoms with van der Waals surface area (Å²) in [6, 6.07) is 3.84. The number of nitrogens with one attached hydrogen (secondary N) is 2. The van der Waals surface area contributed by atoms with Gasteiger partial charge in [0.1, 0.15) is 11.9 Å². The Hall–Kier alpha value is -2.35. The number of nitrogens with zero attached hydrogens (tertiary/aromatic N) is 1. The highest BCUT2D eigenvalue weighted by atomic mass is 32.1. The third-order valence-corrected chi connectivity index (χ3v) is 5.21. The lowest BCUT2D eigenvalue weighted by molar-refractivity contribution is -0.122. The summed E-state index contributed by atoms with van der Waals surface area (Å²) < 4.78 is 10.7. The van der Waals surface area contributed by atoms with E-state index in [0.29, 0.717) is 31.0 Å². The van der Waals surface area contributed by atoms with E-state index >= 15 is 0 Å². The van der Waals surface area contributed by atoms with E-state index in [0.717, 1.165) is 4.88 Å². The Labute approximate surface area is 169 Å². The number of ether oxygens (including phenoxy) is 1. The number of hydrogen-bond donors (Lipinski definition) is 2. The van der Waals surface area contributed by atoms with Crippen LogP contribution in [0.3, 0.4) is 0 Å². The molecule has 0 saturated carbocycles. The molecule has 2 amide bonds. The van der Waals surface area contributed by atoms with Crippen molar-refractivity contribution >= 4 is 23.3 Å². The Morgan fingerprint density at radius 2 is 1.96 bits per heavy atom. The Bertz CT molecular complexity index is 774. The van der Waals surface area contributed by atoms with Gasteiger partial charge >= 0.3 is 6.09 Å². The molecule has 28 heavy (non-hydrogen) atoms. The maximum atomic E-state index is 12.6. The number of thiophene rings is 1. The molecule has 0 fully saturated rings. The fourth-order valence-corrected chi connectivity index (χ4v) is 3.34. The van der Waals surface area contributed by atoms with E-state index in [9.17, 15) is 9.59 Å². The normalized spacial score (nSPS) is 11.9. The first-order valence-electron chi connectivity index (χ1n) is 9.42. The summed E-state index contributed by atoms with van der Waals surface area (Å²) in [5, 5.41) is 7.76. The fraction of sp³-hybridized carbons (Fsp3) is 0.550. The zero-order valence-electron chi connectivity index (χ0n) is 17.1. The van der Waals surface area contributed by atoms with Crippen LogP contribution in [-0.2, 0) is 16.0 Å². The van der Waals surface area contributed by atoms with E-state index < -0.39 is 17.2 Å². The van der Waals surface area contributed by atoms with Crippen molar-refractivity contribution < 1.29 is 18.7 Å². The number of amides is 2. The molecule has 7 nitrogen and oxygen atoms in total. The Kier molecular flexibility index (Phi) is 7.23. The summed E-state index contributed by atoms with van der Waals surface area (Å²) in [7, 11) is 0. The summed E-state index contributed by atoms with van der Waals surface area (Å²) in [5.41, 5.74) is -0.544. The van der Waals surface area contributed by atoms with E-state index in [1.165, 1.54) is 17.6 Å². The number of carbonyl (C=O) groups is 2. The van der Waals surface area contributed by atoms with Gasteiger partial charge in [0.2, 0.25) is 11.8 Å². The summed E-state index contributed by atoms with van der Waals surface area (Å²) in [6.45, 7) is 9.67. The van der Waals surface area contributed by atoms with Crippen molar-refractivity contribution in [1.29, 1.82) is 0 Å². The van der Waals surface area contributed by atoms with Crippen LogP contribution in [0.4, 0.5) is 4.79 Å². The fourth-order valence-electron chi connectivity index (χ4n) is 2.68. The molecule has 0 bridgehead atoms. The minimum Gasteiger partial charge on any atom is -0.444 e. The van der Waals surface area contributed by atoms with E-state index in [-0.39, 0.29) is 12.3 Å². The largest absolute Gasteiger partial charge is 0.444 e.